The highest BCUT2D eigenvalue weighted by atomic mass is 32.2. The lowest BCUT2D eigenvalue weighted by Crippen LogP contribution is -2.45. The number of anilines is 1. The number of amides is 1. The Balaban J connectivity index is 1.56. The lowest BCUT2D eigenvalue weighted by Gasteiger charge is -2.37. The minimum Gasteiger partial charge on any atom is -0.497 e. The van der Waals surface area contributed by atoms with E-state index >= 15 is 0 Å². The predicted octanol–water partition coefficient (Wildman–Crippen LogP) is 2.91. The second-order valence-corrected chi connectivity index (χ2v) is 8.44. The predicted molar refractivity (Wildman–Crippen MR) is 112 cm³/mol. The van der Waals surface area contributed by atoms with Crippen molar-refractivity contribution in [2.24, 2.45) is 5.92 Å². The number of aromatic nitrogens is 1. The van der Waals surface area contributed by atoms with Crippen LogP contribution in [0.5, 0.6) is 5.75 Å². The van der Waals surface area contributed by atoms with E-state index in [0.717, 1.165) is 72.9 Å². The molecule has 0 unspecified atom stereocenters. The average Bonchev–Trinajstić information content (AvgIpc) is 2.78. The van der Waals surface area contributed by atoms with Crippen molar-refractivity contribution >= 4 is 34.3 Å². The number of ether oxygens (including phenoxy) is 1. The van der Waals surface area contributed by atoms with Crippen LogP contribution in [0.3, 0.4) is 0 Å². The molecule has 2 aromatic rings. The molecule has 0 radical (unpaired) electrons. The summed E-state index contributed by atoms with van der Waals surface area (Å²) in [6.45, 7) is 3.28. The van der Waals surface area contributed by atoms with Crippen molar-refractivity contribution in [2.45, 2.75) is 12.8 Å². The third-order valence-electron chi connectivity index (χ3n) is 5.65. The van der Waals surface area contributed by atoms with E-state index in [9.17, 15) is 10.1 Å². The molecular formula is C21H24N4O2S. The molecule has 2 aliphatic heterocycles. The molecule has 146 valence electrons. The number of nitrogens with zero attached hydrogens (tertiary/aromatic N) is 4. The minimum absolute atomic E-state index is 0.0903. The van der Waals surface area contributed by atoms with Gasteiger partial charge in [-0.25, -0.2) is 0 Å². The van der Waals surface area contributed by atoms with Gasteiger partial charge in [0.2, 0.25) is 5.91 Å². The van der Waals surface area contributed by atoms with Gasteiger partial charge in [0.25, 0.3) is 0 Å². The Labute approximate surface area is 169 Å². The molecule has 6 nitrogen and oxygen atoms in total. The molecule has 0 bridgehead atoms. The molecule has 1 aromatic heterocycles. The van der Waals surface area contributed by atoms with Crippen molar-refractivity contribution in [1.29, 1.82) is 5.26 Å². The molecule has 0 saturated carbocycles. The lowest BCUT2D eigenvalue weighted by atomic mass is 9.94. The van der Waals surface area contributed by atoms with Crippen LogP contribution in [0.2, 0.25) is 0 Å². The van der Waals surface area contributed by atoms with Crippen molar-refractivity contribution in [1.82, 2.24) is 9.88 Å². The fourth-order valence-electron chi connectivity index (χ4n) is 4.10. The first-order chi connectivity index (χ1) is 13.7. The molecule has 4 rings (SSSR count). The molecule has 0 spiro atoms. The van der Waals surface area contributed by atoms with Crippen LogP contribution < -0.4 is 9.64 Å². The van der Waals surface area contributed by atoms with Crippen LogP contribution in [-0.2, 0) is 4.79 Å². The molecule has 7 heteroatoms. The Hall–Kier alpha value is -2.46. The van der Waals surface area contributed by atoms with Crippen molar-refractivity contribution in [2.75, 3.05) is 49.7 Å². The zero-order valence-electron chi connectivity index (χ0n) is 16.1. The van der Waals surface area contributed by atoms with E-state index in [4.69, 9.17) is 4.74 Å². The van der Waals surface area contributed by atoms with E-state index in [1.54, 1.807) is 13.3 Å². The maximum absolute atomic E-state index is 12.8. The van der Waals surface area contributed by atoms with Gasteiger partial charge in [0, 0.05) is 55.2 Å². The summed E-state index contributed by atoms with van der Waals surface area (Å²) in [5.74, 6) is 3.23. The second-order valence-electron chi connectivity index (χ2n) is 7.21. The van der Waals surface area contributed by atoms with E-state index in [2.05, 4.69) is 16.0 Å². The number of hydrogen-bond acceptors (Lipinski definition) is 6. The summed E-state index contributed by atoms with van der Waals surface area (Å²) in [6, 6.07) is 8.03. The number of carbonyl (C=O) groups excluding carboxylic acids is 1. The molecule has 28 heavy (non-hydrogen) atoms. The van der Waals surface area contributed by atoms with Gasteiger partial charge < -0.3 is 14.5 Å². The monoisotopic (exact) mass is 396 g/mol. The van der Waals surface area contributed by atoms with Crippen LogP contribution in [0.25, 0.3) is 10.9 Å². The van der Waals surface area contributed by atoms with Crippen LogP contribution >= 0.6 is 11.8 Å². The first-order valence-electron chi connectivity index (χ1n) is 9.69. The Kier molecular flexibility index (Phi) is 5.58. The fourth-order valence-corrected chi connectivity index (χ4v) is 5.00. The maximum Gasteiger partial charge on any atom is 0.225 e. The molecule has 0 aliphatic carbocycles. The molecule has 0 N–H and O–H groups in total. The zero-order chi connectivity index (χ0) is 19.5. The largest absolute Gasteiger partial charge is 0.497 e. The van der Waals surface area contributed by atoms with Gasteiger partial charge in [0.05, 0.1) is 23.9 Å². The maximum atomic E-state index is 12.8. The summed E-state index contributed by atoms with van der Waals surface area (Å²) in [5.41, 5.74) is 2.32. The summed E-state index contributed by atoms with van der Waals surface area (Å²) in [4.78, 5) is 21.5. The number of thioether (sulfide) groups is 1. The highest BCUT2D eigenvalue weighted by Crippen LogP contribution is 2.34. The van der Waals surface area contributed by atoms with Gasteiger partial charge in [-0.2, -0.15) is 17.0 Å². The third-order valence-corrected chi connectivity index (χ3v) is 6.59. The van der Waals surface area contributed by atoms with Crippen LogP contribution in [-0.4, -0.2) is 60.6 Å². The number of carbonyl (C=O) groups is 1. The first-order valence-corrected chi connectivity index (χ1v) is 10.8. The number of nitriles is 1. The second kappa shape index (κ2) is 8.27. The number of rotatable bonds is 3. The Morgan fingerprint density at radius 3 is 2.68 bits per heavy atom. The van der Waals surface area contributed by atoms with E-state index in [-0.39, 0.29) is 5.92 Å². The van der Waals surface area contributed by atoms with Crippen molar-refractivity contribution in [3.05, 3.63) is 30.0 Å². The Morgan fingerprint density at radius 1 is 1.25 bits per heavy atom. The van der Waals surface area contributed by atoms with Crippen LogP contribution in [0.4, 0.5) is 5.69 Å². The number of benzene rings is 1. The number of piperidine rings is 1. The summed E-state index contributed by atoms with van der Waals surface area (Å²) < 4.78 is 5.37. The highest BCUT2D eigenvalue weighted by molar-refractivity contribution is 7.99. The molecule has 2 saturated heterocycles. The van der Waals surface area contributed by atoms with Crippen molar-refractivity contribution in [3.8, 4) is 11.8 Å². The zero-order valence-corrected chi connectivity index (χ0v) is 16.9. The molecule has 1 amide bonds. The van der Waals surface area contributed by atoms with Gasteiger partial charge in [-0.05, 0) is 31.0 Å². The number of pyridine rings is 1. The lowest BCUT2D eigenvalue weighted by molar-refractivity contribution is -0.135. The van der Waals surface area contributed by atoms with Crippen LogP contribution in [0.1, 0.15) is 18.4 Å². The van der Waals surface area contributed by atoms with Gasteiger partial charge in [0.15, 0.2) is 0 Å². The molecular weight excluding hydrogens is 372 g/mol. The normalized spacial score (nSPS) is 18.1. The summed E-state index contributed by atoms with van der Waals surface area (Å²) in [7, 11) is 1.64. The van der Waals surface area contributed by atoms with E-state index in [1.165, 1.54) is 0 Å². The SMILES string of the molecule is COc1ccc2ncc(C#N)c(N3CCC(C(=O)N4CCSCC4)CC3)c2c1. The Bertz CT molecular complexity index is 912. The van der Waals surface area contributed by atoms with Gasteiger partial charge in [0.1, 0.15) is 11.8 Å². The average molecular weight is 397 g/mol. The molecule has 2 aliphatic rings. The van der Waals surface area contributed by atoms with Crippen molar-refractivity contribution in [3.63, 3.8) is 0 Å². The molecule has 3 heterocycles. The van der Waals surface area contributed by atoms with E-state index < -0.39 is 0 Å². The van der Waals surface area contributed by atoms with Gasteiger partial charge in [-0.1, -0.05) is 0 Å². The van der Waals surface area contributed by atoms with Crippen molar-refractivity contribution < 1.29 is 9.53 Å². The van der Waals surface area contributed by atoms with Gasteiger partial charge in [-0.15, -0.1) is 0 Å². The van der Waals surface area contributed by atoms with E-state index in [0.29, 0.717) is 11.5 Å². The standard InChI is InChI=1S/C21H24N4O2S/c1-27-17-2-3-19-18(12-17)20(16(13-22)14-23-19)24-6-4-15(5-7-24)21(26)25-8-10-28-11-9-25/h2-3,12,14-15H,4-11H2,1H3. The van der Waals surface area contributed by atoms with Crippen LogP contribution in [0.15, 0.2) is 24.4 Å². The fraction of sp³-hybridized carbons (Fsp3) is 0.476. The van der Waals surface area contributed by atoms with Gasteiger partial charge in [-0.3, -0.25) is 9.78 Å². The number of methoxy groups -OCH3 is 1. The summed E-state index contributed by atoms with van der Waals surface area (Å²) in [6.07, 6.45) is 3.29. The van der Waals surface area contributed by atoms with Gasteiger partial charge >= 0.3 is 0 Å². The first kappa shape index (κ1) is 18.9. The molecule has 0 atom stereocenters. The minimum atomic E-state index is 0.0903. The summed E-state index contributed by atoms with van der Waals surface area (Å²) in [5, 5.41) is 10.6. The number of fused-ring (bicyclic) bond motifs is 1. The molecule has 1 aromatic carbocycles. The quantitative estimate of drug-likeness (QED) is 0.795. The van der Waals surface area contributed by atoms with Crippen LogP contribution in [0, 0.1) is 17.2 Å². The van der Waals surface area contributed by atoms with E-state index in [1.807, 2.05) is 34.9 Å². The third kappa shape index (κ3) is 3.61. The summed E-state index contributed by atoms with van der Waals surface area (Å²) >= 11 is 1.92. The molecule has 2 fully saturated rings. The number of hydrogen-bond donors (Lipinski definition) is 0. The highest BCUT2D eigenvalue weighted by Gasteiger charge is 2.30. The smallest absolute Gasteiger partial charge is 0.225 e. The topological polar surface area (TPSA) is 69.5 Å². The Morgan fingerprint density at radius 2 is 2.00 bits per heavy atom.